The summed E-state index contributed by atoms with van der Waals surface area (Å²) in [5.74, 6) is 0.664. The van der Waals surface area contributed by atoms with Crippen LogP contribution in [0.4, 0.5) is 18.3 Å². The summed E-state index contributed by atoms with van der Waals surface area (Å²) in [7, 11) is 0. The molecule has 0 saturated carbocycles. The number of anilines is 1. The lowest BCUT2D eigenvalue weighted by Crippen LogP contribution is -2.03. The summed E-state index contributed by atoms with van der Waals surface area (Å²) in [4.78, 5) is 3.00. The molecule has 0 aliphatic rings. The summed E-state index contributed by atoms with van der Waals surface area (Å²) in [6.45, 7) is 4.27. The molecule has 7 heteroatoms. The minimum Gasteiger partial charge on any atom is -0.489 e. The van der Waals surface area contributed by atoms with Gasteiger partial charge in [-0.2, -0.15) is 13.2 Å². The van der Waals surface area contributed by atoms with Crippen LogP contribution in [0, 0.1) is 0 Å². The second-order valence-corrected chi connectivity index (χ2v) is 5.12. The van der Waals surface area contributed by atoms with Gasteiger partial charge in [-0.05, 0) is 6.07 Å². The van der Waals surface area contributed by atoms with Gasteiger partial charge < -0.3 is 10.1 Å². The maximum atomic E-state index is 12.5. The van der Waals surface area contributed by atoms with Crippen molar-refractivity contribution in [2.24, 2.45) is 0 Å². The number of para-hydroxylation sites is 1. The number of rotatable bonds is 6. The van der Waals surface area contributed by atoms with Gasteiger partial charge in [0, 0.05) is 12.1 Å². The van der Waals surface area contributed by atoms with Crippen LogP contribution in [-0.2, 0) is 12.7 Å². The first kappa shape index (κ1) is 15.4. The monoisotopic (exact) mass is 314 g/mol. The lowest BCUT2D eigenvalue weighted by molar-refractivity contribution is -0.134. The van der Waals surface area contributed by atoms with Crippen LogP contribution in [0.5, 0.6) is 5.75 Å². The van der Waals surface area contributed by atoms with Crippen molar-refractivity contribution in [2.45, 2.75) is 12.7 Å². The molecule has 1 heterocycles. The third-order valence-corrected chi connectivity index (χ3v) is 3.54. The first-order chi connectivity index (χ1) is 10.0. The smallest absolute Gasteiger partial charge is 0.427 e. The predicted octanol–water partition coefficient (Wildman–Crippen LogP) is 4.34. The molecule has 2 aromatic rings. The molecule has 0 aliphatic heterocycles. The Balaban J connectivity index is 2.03. The van der Waals surface area contributed by atoms with E-state index in [0.29, 0.717) is 30.2 Å². The second kappa shape index (κ2) is 6.62. The maximum absolute atomic E-state index is 12.5. The van der Waals surface area contributed by atoms with E-state index in [9.17, 15) is 13.2 Å². The molecule has 112 valence electrons. The summed E-state index contributed by atoms with van der Waals surface area (Å²) in [5.41, 5.74) is 0.836. The van der Waals surface area contributed by atoms with E-state index in [1.165, 1.54) is 0 Å². The van der Waals surface area contributed by atoms with Gasteiger partial charge in [0.25, 0.3) is 0 Å². The predicted molar refractivity (Wildman–Crippen MR) is 76.6 cm³/mol. The van der Waals surface area contributed by atoms with E-state index >= 15 is 0 Å². The summed E-state index contributed by atoms with van der Waals surface area (Å²) < 4.78 is 42.9. The molecule has 0 atom stereocenters. The van der Waals surface area contributed by atoms with Gasteiger partial charge in [0.15, 0.2) is 5.13 Å². The van der Waals surface area contributed by atoms with Crippen molar-refractivity contribution in [1.82, 2.24) is 4.98 Å². The highest BCUT2D eigenvalue weighted by Crippen LogP contribution is 2.35. The van der Waals surface area contributed by atoms with E-state index in [-0.39, 0.29) is 5.13 Å². The average molecular weight is 314 g/mol. The van der Waals surface area contributed by atoms with E-state index < -0.39 is 11.1 Å². The molecule has 1 aromatic carbocycles. The molecule has 0 spiro atoms. The Morgan fingerprint density at radius 1 is 1.33 bits per heavy atom. The van der Waals surface area contributed by atoms with Crippen LogP contribution in [0.1, 0.15) is 10.4 Å². The van der Waals surface area contributed by atoms with Gasteiger partial charge >= 0.3 is 6.18 Å². The van der Waals surface area contributed by atoms with Gasteiger partial charge in [-0.3, -0.25) is 0 Å². The number of hydrogen-bond donors (Lipinski definition) is 1. The minimum absolute atomic E-state index is 0.223. The van der Waals surface area contributed by atoms with E-state index in [0.717, 1.165) is 11.8 Å². The third-order valence-electron chi connectivity index (χ3n) is 2.54. The quantitative estimate of drug-likeness (QED) is 0.805. The molecular weight excluding hydrogens is 301 g/mol. The molecule has 0 amide bonds. The molecule has 2 rings (SSSR count). The molecular formula is C14H13F3N2OS. The lowest BCUT2D eigenvalue weighted by atomic mass is 10.2. The number of nitrogens with one attached hydrogen (secondary N) is 1. The van der Waals surface area contributed by atoms with E-state index in [1.807, 2.05) is 18.2 Å². The zero-order chi connectivity index (χ0) is 15.3. The van der Waals surface area contributed by atoms with Crippen molar-refractivity contribution in [2.75, 3.05) is 11.9 Å². The first-order valence-corrected chi connectivity index (χ1v) is 6.91. The Kier molecular flexibility index (Phi) is 4.85. The van der Waals surface area contributed by atoms with Gasteiger partial charge in [0.1, 0.15) is 17.2 Å². The maximum Gasteiger partial charge on any atom is 0.427 e. The van der Waals surface area contributed by atoms with Gasteiger partial charge in [-0.1, -0.05) is 42.2 Å². The standard InChI is InChI=1S/C14H13F3N2OS/c1-2-7-20-11-6-4-3-5-10(11)8-18-13-19-9-12(21-13)14(15,16)17/h2-6,9H,1,7-8H2,(H,18,19). The van der Waals surface area contributed by atoms with Crippen LogP contribution in [0.15, 0.2) is 43.1 Å². The van der Waals surface area contributed by atoms with Crippen LogP contribution in [0.3, 0.4) is 0 Å². The van der Waals surface area contributed by atoms with Gasteiger partial charge in [-0.25, -0.2) is 4.98 Å². The Bertz CT molecular complexity index is 610. The molecule has 0 radical (unpaired) electrons. The number of halogens is 3. The van der Waals surface area contributed by atoms with Crippen LogP contribution in [0.25, 0.3) is 0 Å². The molecule has 0 unspecified atom stereocenters. The molecule has 0 bridgehead atoms. The number of benzene rings is 1. The Morgan fingerprint density at radius 2 is 2.10 bits per heavy atom. The number of ether oxygens (including phenoxy) is 1. The summed E-state index contributed by atoms with van der Waals surface area (Å²) in [6, 6.07) is 7.29. The number of hydrogen-bond acceptors (Lipinski definition) is 4. The zero-order valence-corrected chi connectivity index (χ0v) is 11.8. The van der Waals surface area contributed by atoms with Crippen LogP contribution < -0.4 is 10.1 Å². The largest absolute Gasteiger partial charge is 0.489 e. The Labute approximate surface area is 124 Å². The second-order valence-electron chi connectivity index (χ2n) is 4.09. The highest BCUT2D eigenvalue weighted by atomic mass is 32.1. The van der Waals surface area contributed by atoms with Crippen molar-refractivity contribution in [3.8, 4) is 5.75 Å². The Morgan fingerprint density at radius 3 is 2.76 bits per heavy atom. The third kappa shape index (κ3) is 4.22. The van der Waals surface area contributed by atoms with Crippen molar-refractivity contribution in [3.05, 3.63) is 53.6 Å². The van der Waals surface area contributed by atoms with Gasteiger partial charge in [-0.15, -0.1) is 0 Å². The number of aromatic nitrogens is 1. The van der Waals surface area contributed by atoms with Crippen LogP contribution in [0.2, 0.25) is 0 Å². The number of thiazole rings is 1. The molecule has 1 aromatic heterocycles. The van der Waals surface area contributed by atoms with Crippen molar-refractivity contribution in [1.29, 1.82) is 0 Å². The fourth-order valence-electron chi connectivity index (χ4n) is 1.60. The fraction of sp³-hybridized carbons (Fsp3) is 0.214. The average Bonchev–Trinajstić information content (AvgIpc) is 2.92. The fourth-order valence-corrected chi connectivity index (χ4v) is 2.28. The number of alkyl halides is 3. The Hall–Kier alpha value is -2.02. The number of nitrogens with zero attached hydrogens (tertiary/aromatic N) is 1. The molecule has 0 fully saturated rings. The highest BCUT2D eigenvalue weighted by Gasteiger charge is 2.33. The van der Waals surface area contributed by atoms with E-state index in [4.69, 9.17) is 4.74 Å². The van der Waals surface area contributed by atoms with E-state index in [1.54, 1.807) is 12.1 Å². The normalized spacial score (nSPS) is 11.2. The topological polar surface area (TPSA) is 34.1 Å². The summed E-state index contributed by atoms with van der Waals surface area (Å²) in [6.07, 6.45) is -1.91. The van der Waals surface area contributed by atoms with Crippen LogP contribution >= 0.6 is 11.3 Å². The van der Waals surface area contributed by atoms with Crippen LogP contribution in [-0.4, -0.2) is 11.6 Å². The SMILES string of the molecule is C=CCOc1ccccc1CNc1ncc(C(F)(F)F)s1. The molecule has 0 saturated heterocycles. The molecule has 1 N–H and O–H groups in total. The molecule has 21 heavy (non-hydrogen) atoms. The van der Waals surface area contributed by atoms with Crippen molar-refractivity contribution >= 4 is 16.5 Å². The minimum atomic E-state index is -4.36. The lowest BCUT2D eigenvalue weighted by Gasteiger charge is -2.10. The van der Waals surface area contributed by atoms with Gasteiger partial charge in [0.2, 0.25) is 0 Å². The van der Waals surface area contributed by atoms with Gasteiger partial charge in [0.05, 0.1) is 6.20 Å². The summed E-state index contributed by atoms with van der Waals surface area (Å²) in [5, 5.41) is 3.09. The van der Waals surface area contributed by atoms with E-state index in [2.05, 4.69) is 16.9 Å². The van der Waals surface area contributed by atoms with Crippen molar-refractivity contribution < 1.29 is 17.9 Å². The first-order valence-electron chi connectivity index (χ1n) is 6.09. The highest BCUT2D eigenvalue weighted by molar-refractivity contribution is 7.15. The molecule has 0 aliphatic carbocycles. The summed E-state index contributed by atoms with van der Waals surface area (Å²) >= 11 is 0.579. The van der Waals surface area contributed by atoms with Crippen molar-refractivity contribution in [3.63, 3.8) is 0 Å². The zero-order valence-electron chi connectivity index (χ0n) is 11.0. The molecule has 3 nitrogen and oxygen atoms in total.